The third-order valence-electron chi connectivity index (χ3n) is 9.38. The van der Waals surface area contributed by atoms with Gasteiger partial charge in [0.1, 0.15) is 11.8 Å². The lowest BCUT2D eigenvalue weighted by atomic mass is 9.77. The molecule has 1 aliphatic carbocycles. The number of carbonyl (C=O) groups excluding carboxylic acids is 1. The lowest BCUT2D eigenvalue weighted by Gasteiger charge is -2.39. The Morgan fingerprint density at radius 2 is 1.76 bits per heavy atom. The molecule has 8 rings (SSSR count). The Balaban J connectivity index is 1.17. The van der Waals surface area contributed by atoms with E-state index >= 15 is 0 Å². The minimum absolute atomic E-state index is 0.156. The molecule has 0 N–H and O–H groups in total. The zero-order valence-corrected chi connectivity index (χ0v) is 23.4. The Morgan fingerprint density at radius 1 is 1.00 bits per heavy atom. The van der Waals surface area contributed by atoms with Crippen LogP contribution < -0.4 is 9.47 Å². The number of aliphatic imine (C=N–C) groups is 1. The highest BCUT2D eigenvalue weighted by molar-refractivity contribution is 5.98. The Labute approximate surface area is 244 Å². The Bertz CT molecular complexity index is 1590. The van der Waals surface area contributed by atoms with Gasteiger partial charge in [-0.3, -0.25) is 4.90 Å². The number of methoxy groups -OCH3 is 1. The Morgan fingerprint density at radius 3 is 2.55 bits per heavy atom. The summed E-state index contributed by atoms with van der Waals surface area (Å²) in [5.74, 6) is 1.99. The summed E-state index contributed by atoms with van der Waals surface area (Å²) < 4.78 is 30.3. The van der Waals surface area contributed by atoms with Gasteiger partial charge in [0.2, 0.25) is 18.8 Å². The monoisotopic (exact) mass is 564 g/mol. The lowest BCUT2D eigenvalue weighted by molar-refractivity contribution is -0.159. The van der Waals surface area contributed by atoms with Gasteiger partial charge in [-0.1, -0.05) is 48.5 Å². The molecule has 0 aromatic heterocycles. The minimum atomic E-state index is -0.932. The van der Waals surface area contributed by atoms with Crippen LogP contribution in [0.15, 0.2) is 89.6 Å². The van der Waals surface area contributed by atoms with E-state index < -0.39 is 24.2 Å². The van der Waals surface area contributed by atoms with E-state index in [-0.39, 0.29) is 18.2 Å². The van der Waals surface area contributed by atoms with E-state index in [1.54, 1.807) is 7.11 Å². The summed E-state index contributed by atoms with van der Waals surface area (Å²) in [6, 6.07) is 23.1. The number of esters is 1. The second-order valence-electron chi connectivity index (χ2n) is 11.5. The quantitative estimate of drug-likeness (QED) is 0.407. The molecule has 3 unspecified atom stereocenters. The summed E-state index contributed by atoms with van der Waals surface area (Å²) in [5.41, 5.74) is 3.72. The fourth-order valence-electron chi connectivity index (χ4n) is 7.50. The first kappa shape index (κ1) is 25.4. The van der Waals surface area contributed by atoms with Crippen molar-refractivity contribution in [2.45, 2.75) is 49.0 Å². The highest BCUT2D eigenvalue weighted by atomic mass is 16.7. The fourth-order valence-corrected chi connectivity index (χ4v) is 7.50. The van der Waals surface area contributed by atoms with E-state index in [1.807, 2.05) is 60.7 Å². The standard InChI is InChI=1S/C34H32N2O6/c1-38-27-19-34-14-8-15-36(34)16-13-23-17-25-26(40-20-39-25)18-24(23)28(34)30(27)42-33(37)31-29(21-9-4-2-5-10-21)35-32(41-31)22-11-6-3-7-12-22/h2-7,9-12,17-19,28-31H,8,13-16,20H2,1H3/t28-,29?,30?,31?,34+/m1/s1. The number of fused-ring (bicyclic) bond motifs is 3. The summed E-state index contributed by atoms with van der Waals surface area (Å²) in [5, 5.41) is 0. The smallest absolute Gasteiger partial charge is 0.350 e. The van der Waals surface area contributed by atoms with E-state index in [0.717, 1.165) is 60.5 Å². The number of ether oxygens (including phenoxy) is 5. The van der Waals surface area contributed by atoms with Crippen molar-refractivity contribution in [2.75, 3.05) is 27.0 Å². The van der Waals surface area contributed by atoms with E-state index in [0.29, 0.717) is 11.7 Å². The molecular weight excluding hydrogens is 532 g/mol. The molecule has 1 spiro atoms. The van der Waals surface area contributed by atoms with Crippen molar-refractivity contribution in [1.82, 2.24) is 4.90 Å². The lowest BCUT2D eigenvalue weighted by Crippen LogP contribution is -2.48. The molecule has 3 aromatic rings. The topological polar surface area (TPSA) is 78.8 Å². The summed E-state index contributed by atoms with van der Waals surface area (Å²) in [6.07, 6.45) is 3.57. The van der Waals surface area contributed by atoms with Crippen molar-refractivity contribution in [1.29, 1.82) is 0 Å². The number of hydrogen-bond donors (Lipinski definition) is 0. The Kier molecular flexibility index (Phi) is 6.00. The summed E-state index contributed by atoms with van der Waals surface area (Å²) in [7, 11) is 1.66. The number of rotatable bonds is 5. The zero-order valence-electron chi connectivity index (χ0n) is 23.4. The van der Waals surface area contributed by atoms with E-state index in [1.165, 1.54) is 5.56 Å². The van der Waals surface area contributed by atoms with E-state index in [9.17, 15) is 4.79 Å². The van der Waals surface area contributed by atoms with Crippen LogP contribution >= 0.6 is 0 Å². The molecule has 8 heteroatoms. The van der Waals surface area contributed by atoms with Crippen molar-refractivity contribution in [3.8, 4) is 11.5 Å². The van der Waals surface area contributed by atoms with Gasteiger partial charge in [-0.05, 0) is 72.8 Å². The van der Waals surface area contributed by atoms with Gasteiger partial charge in [-0.15, -0.1) is 0 Å². The first-order chi connectivity index (χ1) is 20.6. The molecule has 1 fully saturated rings. The van der Waals surface area contributed by atoms with Crippen molar-refractivity contribution in [3.05, 3.63) is 107 Å². The van der Waals surface area contributed by atoms with Crippen molar-refractivity contribution < 1.29 is 28.5 Å². The zero-order chi connectivity index (χ0) is 28.3. The maximum Gasteiger partial charge on any atom is 0.350 e. The molecular formula is C34H32N2O6. The number of hydrogen-bond acceptors (Lipinski definition) is 8. The molecule has 5 aliphatic rings. The van der Waals surface area contributed by atoms with Gasteiger partial charge in [0.05, 0.1) is 18.6 Å². The molecule has 1 saturated heterocycles. The maximum atomic E-state index is 14.2. The number of carbonyl (C=O) groups is 1. The van der Waals surface area contributed by atoms with Crippen LogP contribution in [0.2, 0.25) is 0 Å². The number of benzene rings is 3. The average Bonchev–Trinajstić information content (AvgIpc) is 3.81. The molecule has 0 saturated carbocycles. The highest BCUT2D eigenvalue weighted by Gasteiger charge is 2.58. The third kappa shape index (κ3) is 3.92. The average molecular weight is 565 g/mol. The molecule has 0 amide bonds. The van der Waals surface area contributed by atoms with Crippen LogP contribution in [0.4, 0.5) is 0 Å². The second-order valence-corrected chi connectivity index (χ2v) is 11.5. The SMILES string of the molecule is COC1=C[C@]23CCCN2CCc2cc4c(cc2[C@@H]3C1OC(=O)C1OC(c2ccccc2)=NC1c1ccccc1)OCO4. The van der Waals surface area contributed by atoms with E-state index in [2.05, 4.69) is 23.1 Å². The third-order valence-corrected chi connectivity index (χ3v) is 9.38. The van der Waals surface area contributed by atoms with Crippen molar-refractivity contribution in [2.24, 2.45) is 4.99 Å². The number of nitrogens with zero attached hydrogens (tertiary/aromatic N) is 2. The summed E-state index contributed by atoms with van der Waals surface area (Å²) in [4.78, 5) is 21.6. The first-order valence-corrected chi connectivity index (χ1v) is 14.6. The van der Waals surface area contributed by atoms with Crippen LogP contribution in [-0.2, 0) is 25.4 Å². The minimum Gasteiger partial charge on any atom is -0.497 e. The van der Waals surface area contributed by atoms with Crippen LogP contribution in [-0.4, -0.2) is 61.5 Å². The largest absolute Gasteiger partial charge is 0.497 e. The molecule has 5 atom stereocenters. The van der Waals surface area contributed by atoms with Gasteiger partial charge in [-0.2, -0.15) is 0 Å². The molecule has 214 valence electrons. The van der Waals surface area contributed by atoms with E-state index in [4.69, 9.17) is 28.7 Å². The molecule has 3 aromatic carbocycles. The first-order valence-electron chi connectivity index (χ1n) is 14.6. The Hall–Kier alpha value is -4.30. The van der Waals surface area contributed by atoms with Crippen LogP contribution in [0.3, 0.4) is 0 Å². The van der Waals surface area contributed by atoms with Crippen LogP contribution in [0.25, 0.3) is 0 Å². The van der Waals surface area contributed by atoms with Gasteiger partial charge < -0.3 is 23.7 Å². The van der Waals surface area contributed by atoms with Crippen LogP contribution in [0, 0.1) is 0 Å². The predicted octanol–water partition coefficient (Wildman–Crippen LogP) is 4.93. The van der Waals surface area contributed by atoms with Crippen molar-refractivity contribution in [3.63, 3.8) is 0 Å². The predicted molar refractivity (Wildman–Crippen MR) is 155 cm³/mol. The van der Waals surface area contributed by atoms with Gasteiger partial charge in [0.15, 0.2) is 17.6 Å². The van der Waals surface area contributed by atoms with Crippen LogP contribution in [0.1, 0.15) is 47.1 Å². The molecule has 4 aliphatic heterocycles. The second kappa shape index (κ2) is 9.91. The van der Waals surface area contributed by atoms with Crippen molar-refractivity contribution >= 4 is 11.9 Å². The maximum absolute atomic E-state index is 14.2. The summed E-state index contributed by atoms with van der Waals surface area (Å²) in [6.45, 7) is 2.11. The molecule has 0 bridgehead atoms. The van der Waals surface area contributed by atoms with Gasteiger partial charge in [0.25, 0.3) is 0 Å². The summed E-state index contributed by atoms with van der Waals surface area (Å²) >= 11 is 0. The highest BCUT2D eigenvalue weighted by Crippen LogP contribution is 2.55. The molecule has 4 heterocycles. The fraction of sp³-hybridized carbons (Fsp3) is 0.353. The molecule has 42 heavy (non-hydrogen) atoms. The van der Waals surface area contributed by atoms with Crippen LogP contribution in [0.5, 0.6) is 11.5 Å². The molecule has 0 radical (unpaired) electrons. The van der Waals surface area contributed by atoms with Gasteiger partial charge in [-0.25, -0.2) is 9.79 Å². The molecule has 8 nitrogen and oxygen atoms in total. The van der Waals surface area contributed by atoms with Gasteiger partial charge >= 0.3 is 5.97 Å². The normalized spacial score (nSPS) is 29.0. The van der Waals surface area contributed by atoms with Gasteiger partial charge in [0, 0.05) is 12.1 Å².